The van der Waals surface area contributed by atoms with Crippen LogP contribution in [-0.4, -0.2) is 25.3 Å². The van der Waals surface area contributed by atoms with Gasteiger partial charge in [0.2, 0.25) is 0 Å². The Morgan fingerprint density at radius 1 is 1.64 bits per heavy atom. The molecule has 1 heterocycles. The Labute approximate surface area is 67.1 Å². The molecule has 0 radical (unpaired) electrons. The standard InChI is InChI=1S/C7H15N3O/c1-3-7-6-10(9-8-7)4-5-11-2/h6,8-9H,3-5H2,1-2H3. The van der Waals surface area contributed by atoms with Crippen LogP contribution in [0.15, 0.2) is 11.9 Å². The molecule has 0 saturated heterocycles. The zero-order valence-corrected chi connectivity index (χ0v) is 7.05. The maximum Gasteiger partial charge on any atom is 0.0654 e. The average Bonchev–Trinajstić information content (AvgIpc) is 2.48. The smallest absolute Gasteiger partial charge is 0.0654 e. The summed E-state index contributed by atoms with van der Waals surface area (Å²) in [7, 11) is 1.70. The molecule has 4 nitrogen and oxygen atoms in total. The summed E-state index contributed by atoms with van der Waals surface area (Å²) in [4.78, 5) is 0. The zero-order valence-electron chi connectivity index (χ0n) is 7.05. The molecule has 0 aliphatic carbocycles. The van der Waals surface area contributed by atoms with Crippen LogP contribution in [0, 0.1) is 0 Å². The molecule has 0 spiro atoms. The van der Waals surface area contributed by atoms with Crippen LogP contribution < -0.4 is 11.0 Å². The summed E-state index contributed by atoms with van der Waals surface area (Å²) >= 11 is 0. The summed E-state index contributed by atoms with van der Waals surface area (Å²) in [5.41, 5.74) is 7.26. The minimum atomic E-state index is 0.738. The van der Waals surface area contributed by atoms with Crippen LogP contribution in [0.3, 0.4) is 0 Å². The molecular weight excluding hydrogens is 142 g/mol. The van der Waals surface area contributed by atoms with Gasteiger partial charge in [-0.1, -0.05) is 6.92 Å². The van der Waals surface area contributed by atoms with Gasteiger partial charge in [-0.15, -0.1) is 5.53 Å². The van der Waals surface area contributed by atoms with E-state index in [1.807, 2.05) is 5.01 Å². The van der Waals surface area contributed by atoms with E-state index in [2.05, 4.69) is 24.1 Å². The van der Waals surface area contributed by atoms with E-state index in [4.69, 9.17) is 4.74 Å². The maximum absolute atomic E-state index is 4.93. The highest BCUT2D eigenvalue weighted by Gasteiger charge is 2.07. The lowest BCUT2D eigenvalue weighted by Crippen LogP contribution is -2.38. The number of nitrogens with zero attached hydrogens (tertiary/aromatic N) is 1. The van der Waals surface area contributed by atoms with Crippen LogP contribution >= 0.6 is 0 Å². The number of ether oxygens (including phenoxy) is 1. The summed E-state index contributed by atoms with van der Waals surface area (Å²) in [6, 6.07) is 0. The van der Waals surface area contributed by atoms with Crippen LogP contribution in [-0.2, 0) is 4.74 Å². The molecule has 0 bridgehead atoms. The second-order valence-corrected chi connectivity index (χ2v) is 2.43. The van der Waals surface area contributed by atoms with Crippen molar-refractivity contribution in [2.45, 2.75) is 13.3 Å². The molecule has 1 rings (SSSR count). The van der Waals surface area contributed by atoms with Crippen LogP contribution in [0.5, 0.6) is 0 Å². The van der Waals surface area contributed by atoms with Gasteiger partial charge in [0.05, 0.1) is 13.2 Å². The molecule has 2 N–H and O–H groups in total. The fourth-order valence-corrected chi connectivity index (χ4v) is 0.886. The van der Waals surface area contributed by atoms with Crippen molar-refractivity contribution < 1.29 is 4.74 Å². The number of hydrogen-bond acceptors (Lipinski definition) is 4. The Kier molecular flexibility index (Phi) is 3.19. The second-order valence-electron chi connectivity index (χ2n) is 2.43. The van der Waals surface area contributed by atoms with Crippen LogP contribution in [0.25, 0.3) is 0 Å². The highest BCUT2D eigenvalue weighted by molar-refractivity contribution is 5.00. The van der Waals surface area contributed by atoms with Crippen molar-refractivity contribution in [2.24, 2.45) is 0 Å². The van der Waals surface area contributed by atoms with Gasteiger partial charge in [-0.2, -0.15) is 0 Å². The summed E-state index contributed by atoms with van der Waals surface area (Å²) in [5, 5.41) is 1.97. The predicted octanol–water partition coefficient (Wildman–Crippen LogP) is 0.209. The first-order valence-corrected chi connectivity index (χ1v) is 3.84. The lowest BCUT2D eigenvalue weighted by molar-refractivity contribution is 0.148. The Balaban J connectivity index is 2.22. The van der Waals surface area contributed by atoms with Crippen LogP contribution in [0.4, 0.5) is 0 Å². The third kappa shape index (κ3) is 2.40. The van der Waals surface area contributed by atoms with Crippen molar-refractivity contribution >= 4 is 0 Å². The van der Waals surface area contributed by atoms with Gasteiger partial charge in [-0.05, 0) is 6.42 Å². The molecule has 0 aromatic rings. The fraction of sp³-hybridized carbons (Fsp3) is 0.714. The van der Waals surface area contributed by atoms with Gasteiger partial charge in [0.25, 0.3) is 0 Å². The topological polar surface area (TPSA) is 36.5 Å². The number of nitrogens with one attached hydrogen (secondary N) is 2. The first kappa shape index (κ1) is 8.36. The predicted molar refractivity (Wildman–Crippen MR) is 43.2 cm³/mol. The van der Waals surface area contributed by atoms with Gasteiger partial charge >= 0.3 is 0 Å². The van der Waals surface area contributed by atoms with E-state index in [9.17, 15) is 0 Å². The van der Waals surface area contributed by atoms with E-state index < -0.39 is 0 Å². The van der Waals surface area contributed by atoms with E-state index in [1.165, 1.54) is 5.70 Å². The van der Waals surface area contributed by atoms with Crippen molar-refractivity contribution in [2.75, 3.05) is 20.3 Å². The average molecular weight is 157 g/mol. The van der Waals surface area contributed by atoms with Crippen LogP contribution in [0.2, 0.25) is 0 Å². The van der Waals surface area contributed by atoms with Crippen molar-refractivity contribution in [3.8, 4) is 0 Å². The van der Waals surface area contributed by atoms with E-state index in [0.717, 1.165) is 19.6 Å². The lowest BCUT2D eigenvalue weighted by atomic mass is 10.4. The molecule has 1 aliphatic rings. The molecule has 4 heteroatoms. The molecule has 11 heavy (non-hydrogen) atoms. The van der Waals surface area contributed by atoms with E-state index in [0.29, 0.717) is 0 Å². The molecule has 0 amide bonds. The van der Waals surface area contributed by atoms with Gasteiger partial charge in [0.1, 0.15) is 0 Å². The Morgan fingerprint density at radius 3 is 3.00 bits per heavy atom. The van der Waals surface area contributed by atoms with Crippen molar-refractivity contribution in [1.29, 1.82) is 0 Å². The second kappa shape index (κ2) is 4.20. The molecule has 0 aromatic heterocycles. The van der Waals surface area contributed by atoms with Crippen molar-refractivity contribution in [3.63, 3.8) is 0 Å². The molecule has 0 atom stereocenters. The summed E-state index contributed by atoms with van der Waals surface area (Å²) in [6.07, 6.45) is 3.08. The minimum Gasteiger partial charge on any atom is -0.383 e. The van der Waals surface area contributed by atoms with E-state index in [-0.39, 0.29) is 0 Å². The lowest BCUT2D eigenvalue weighted by Gasteiger charge is -2.13. The number of allylic oxidation sites excluding steroid dienone is 1. The van der Waals surface area contributed by atoms with Gasteiger partial charge in [-0.3, -0.25) is 5.01 Å². The van der Waals surface area contributed by atoms with Crippen LogP contribution in [0.1, 0.15) is 13.3 Å². The monoisotopic (exact) mass is 157 g/mol. The van der Waals surface area contributed by atoms with Gasteiger partial charge in [0.15, 0.2) is 0 Å². The largest absolute Gasteiger partial charge is 0.383 e. The first-order valence-electron chi connectivity index (χ1n) is 3.84. The zero-order chi connectivity index (χ0) is 8.10. The maximum atomic E-state index is 4.93. The normalized spacial score (nSPS) is 16.5. The number of rotatable bonds is 4. The molecule has 1 aliphatic heterocycles. The molecule has 64 valence electrons. The highest BCUT2D eigenvalue weighted by atomic mass is 16.5. The summed E-state index contributed by atoms with van der Waals surface area (Å²) in [6.45, 7) is 3.72. The Bertz CT molecular complexity index is 147. The minimum absolute atomic E-state index is 0.738. The summed E-state index contributed by atoms with van der Waals surface area (Å²) in [5.74, 6) is 0. The molecule has 0 aromatic carbocycles. The molecule has 0 saturated carbocycles. The molecule has 0 fully saturated rings. The number of hydrogen-bond donors (Lipinski definition) is 2. The van der Waals surface area contributed by atoms with Crippen molar-refractivity contribution in [1.82, 2.24) is 16.0 Å². The Morgan fingerprint density at radius 2 is 2.45 bits per heavy atom. The van der Waals surface area contributed by atoms with Gasteiger partial charge in [-0.25, -0.2) is 0 Å². The van der Waals surface area contributed by atoms with Gasteiger partial charge < -0.3 is 10.2 Å². The summed E-state index contributed by atoms with van der Waals surface area (Å²) < 4.78 is 4.93. The quantitative estimate of drug-likeness (QED) is 0.611. The third-order valence-electron chi connectivity index (χ3n) is 1.59. The fourth-order valence-electron chi connectivity index (χ4n) is 0.886. The highest BCUT2D eigenvalue weighted by Crippen LogP contribution is 2.01. The van der Waals surface area contributed by atoms with E-state index in [1.54, 1.807) is 7.11 Å². The number of methoxy groups -OCH3 is 1. The van der Waals surface area contributed by atoms with E-state index >= 15 is 0 Å². The Hall–Kier alpha value is -0.740. The van der Waals surface area contributed by atoms with Crippen molar-refractivity contribution in [3.05, 3.63) is 11.9 Å². The molecular formula is C7H15N3O. The molecule has 0 unspecified atom stereocenters. The number of hydrazine groups is 2. The van der Waals surface area contributed by atoms with Gasteiger partial charge in [0, 0.05) is 19.0 Å². The SMILES string of the molecule is CCC1=CN(CCOC)NN1. The third-order valence-corrected chi connectivity index (χ3v) is 1.59. The first-order chi connectivity index (χ1) is 5.36.